The number of rotatable bonds is 5. The van der Waals surface area contributed by atoms with Crippen LogP contribution in [0.4, 0.5) is 0 Å². The van der Waals surface area contributed by atoms with Crippen LogP contribution in [0.15, 0.2) is 53.3 Å². The summed E-state index contributed by atoms with van der Waals surface area (Å²) in [6, 6.07) is 14.4. The van der Waals surface area contributed by atoms with E-state index in [0.29, 0.717) is 28.9 Å². The minimum Gasteiger partial charge on any atom is -0.347 e. The van der Waals surface area contributed by atoms with Gasteiger partial charge in [-0.2, -0.15) is 5.10 Å². The van der Waals surface area contributed by atoms with Crippen LogP contribution in [0, 0.1) is 5.92 Å². The molecule has 0 spiro atoms. The monoisotopic (exact) mass is 369 g/mol. The molecule has 1 heterocycles. The standard InChI is InChI=1S/C20H20ClN3O2/c1-13(2)12-24-20(26)17-9-4-3-8-16(17)18(23-24)19(25)22-11-14-6-5-7-15(21)10-14/h3-10,13H,11-12H2,1-2H3,(H,22,25). The Morgan fingerprint density at radius 2 is 1.88 bits per heavy atom. The van der Waals surface area contributed by atoms with Crippen LogP contribution in [-0.2, 0) is 13.1 Å². The summed E-state index contributed by atoms with van der Waals surface area (Å²) in [6.45, 7) is 4.79. The van der Waals surface area contributed by atoms with Crippen molar-refractivity contribution in [2.75, 3.05) is 0 Å². The van der Waals surface area contributed by atoms with Crippen LogP contribution >= 0.6 is 11.6 Å². The van der Waals surface area contributed by atoms with Gasteiger partial charge in [0.25, 0.3) is 11.5 Å². The molecule has 1 amide bonds. The summed E-state index contributed by atoms with van der Waals surface area (Å²) in [5, 5.41) is 8.86. The van der Waals surface area contributed by atoms with Crippen LogP contribution in [0.3, 0.4) is 0 Å². The first kappa shape index (κ1) is 18.1. The van der Waals surface area contributed by atoms with E-state index in [1.54, 1.807) is 36.4 Å². The summed E-state index contributed by atoms with van der Waals surface area (Å²) < 4.78 is 1.38. The summed E-state index contributed by atoms with van der Waals surface area (Å²) in [6.07, 6.45) is 0. The van der Waals surface area contributed by atoms with Crippen LogP contribution in [-0.4, -0.2) is 15.7 Å². The molecule has 0 radical (unpaired) electrons. The van der Waals surface area contributed by atoms with Gasteiger partial charge in [-0.25, -0.2) is 4.68 Å². The zero-order chi connectivity index (χ0) is 18.7. The first-order chi connectivity index (χ1) is 12.5. The topological polar surface area (TPSA) is 64.0 Å². The molecule has 26 heavy (non-hydrogen) atoms. The van der Waals surface area contributed by atoms with Crippen molar-refractivity contribution in [3.63, 3.8) is 0 Å². The maximum Gasteiger partial charge on any atom is 0.274 e. The molecule has 0 bridgehead atoms. The smallest absolute Gasteiger partial charge is 0.274 e. The molecule has 0 atom stereocenters. The minimum atomic E-state index is -0.321. The molecular weight excluding hydrogens is 350 g/mol. The summed E-state index contributed by atoms with van der Waals surface area (Å²) in [4.78, 5) is 25.4. The van der Waals surface area contributed by atoms with Gasteiger partial charge in [0.05, 0.1) is 5.39 Å². The second kappa shape index (κ2) is 7.70. The van der Waals surface area contributed by atoms with E-state index in [4.69, 9.17) is 11.6 Å². The lowest BCUT2D eigenvalue weighted by Gasteiger charge is -2.12. The van der Waals surface area contributed by atoms with E-state index in [1.165, 1.54) is 4.68 Å². The first-order valence-electron chi connectivity index (χ1n) is 8.48. The third kappa shape index (κ3) is 3.94. The Bertz CT molecular complexity index is 1010. The van der Waals surface area contributed by atoms with Gasteiger partial charge in [0.2, 0.25) is 0 Å². The number of aromatic nitrogens is 2. The van der Waals surface area contributed by atoms with Crippen LogP contribution in [0.5, 0.6) is 0 Å². The average Bonchev–Trinajstić information content (AvgIpc) is 2.62. The largest absolute Gasteiger partial charge is 0.347 e. The van der Waals surface area contributed by atoms with Gasteiger partial charge >= 0.3 is 0 Å². The highest BCUT2D eigenvalue weighted by molar-refractivity contribution is 6.30. The molecule has 5 nitrogen and oxygen atoms in total. The summed E-state index contributed by atoms with van der Waals surface area (Å²) in [7, 11) is 0. The zero-order valence-electron chi connectivity index (χ0n) is 14.7. The molecule has 0 fully saturated rings. The number of hydrogen-bond donors (Lipinski definition) is 1. The minimum absolute atomic E-state index is 0.180. The van der Waals surface area contributed by atoms with E-state index in [2.05, 4.69) is 10.4 Å². The third-order valence-corrected chi connectivity index (χ3v) is 4.20. The number of benzene rings is 2. The number of nitrogens with one attached hydrogen (secondary N) is 1. The Balaban J connectivity index is 1.96. The number of halogens is 1. The number of fused-ring (bicyclic) bond motifs is 1. The highest BCUT2D eigenvalue weighted by atomic mass is 35.5. The van der Waals surface area contributed by atoms with Crippen LogP contribution in [0.25, 0.3) is 10.8 Å². The fourth-order valence-electron chi connectivity index (χ4n) is 2.79. The maximum atomic E-state index is 12.7. The van der Waals surface area contributed by atoms with E-state index in [-0.39, 0.29) is 23.1 Å². The molecule has 1 N–H and O–H groups in total. The van der Waals surface area contributed by atoms with Crippen molar-refractivity contribution in [2.45, 2.75) is 26.9 Å². The lowest BCUT2D eigenvalue weighted by Crippen LogP contribution is -2.31. The zero-order valence-corrected chi connectivity index (χ0v) is 15.5. The Kier molecular flexibility index (Phi) is 5.38. The Morgan fingerprint density at radius 1 is 1.15 bits per heavy atom. The quantitative estimate of drug-likeness (QED) is 0.746. The van der Waals surface area contributed by atoms with Crippen molar-refractivity contribution < 1.29 is 4.79 Å². The number of hydrogen-bond acceptors (Lipinski definition) is 3. The highest BCUT2D eigenvalue weighted by Gasteiger charge is 2.17. The van der Waals surface area contributed by atoms with Crippen molar-refractivity contribution in [3.8, 4) is 0 Å². The van der Waals surface area contributed by atoms with Gasteiger partial charge < -0.3 is 5.32 Å². The first-order valence-corrected chi connectivity index (χ1v) is 8.86. The number of carbonyl (C=O) groups excluding carboxylic acids is 1. The Hall–Kier alpha value is -2.66. The Labute approximate surface area is 156 Å². The average molecular weight is 370 g/mol. The molecular formula is C20H20ClN3O2. The molecule has 0 saturated heterocycles. The molecule has 0 aliphatic rings. The third-order valence-electron chi connectivity index (χ3n) is 3.96. The summed E-state index contributed by atoms with van der Waals surface area (Å²) >= 11 is 5.98. The SMILES string of the molecule is CC(C)Cn1nc(C(=O)NCc2cccc(Cl)c2)c2ccccc2c1=O. The van der Waals surface area contributed by atoms with E-state index in [0.717, 1.165) is 5.56 Å². The molecule has 0 unspecified atom stereocenters. The lowest BCUT2D eigenvalue weighted by atomic mass is 10.1. The van der Waals surface area contributed by atoms with E-state index >= 15 is 0 Å². The predicted octanol–water partition coefficient (Wildman–Crippen LogP) is 3.64. The van der Waals surface area contributed by atoms with Gasteiger partial charge in [0.1, 0.15) is 0 Å². The second-order valence-electron chi connectivity index (χ2n) is 6.59. The Morgan fingerprint density at radius 3 is 2.58 bits per heavy atom. The fraction of sp³-hybridized carbons (Fsp3) is 0.250. The maximum absolute atomic E-state index is 12.7. The van der Waals surface area contributed by atoms with Crippen molar-refractivity contribution in [1.82, 2.24) is 15.1 Å². The van der Waals surface area contributed by atoms with Crippen molar-refractivity contribution >= 4 is 28.3 Å². The van der Waals surface area contributed by atoms with Crippen LogP contribution < -0.4 is 10.9 Å². The summed E-state index contributed by atoms with van der Waals surface area (Å²) in [5.41, 5.74) is 0.967. The molecule has 6 heteroatoms. The van der Waals surface area contributed by atoms with Gasteiger partial charge in [-0.1, -0.05) is 55.8 Å². The van der Waals surface area contributed by atoms with E-state index in [9.17, 15) is 9.59 Å². The molecule has 0 aliphatic heterocycles. The van der Waals surface area contributed by atoms with Gasteiger partial charge in [-0.05, 0) is 29.7 Å². The molecule has 0 saturated carbocycles. The number of nitrogens with zero attached hydrogens (tertiary/aromatic N) is 2. The molecule has 134 valence electrons. The summed E-state index contributed by atoms with van der Waals surface area (Å²) in [5.74, 6) is -0.0811. The van der Waals surface area contributed by atoms with Crippen molar-refractivity contribution in [1.29, 1.82) is 0 Å². The van der Waals surface area contributed by atoms with E-state index in [1.807, 2.05) is 26.0 Å². The van der Waals surface area contributed by atoms with Crippen LogP contribution in [0.1, 0.15) is 29.9 Å². The van der Waals surface area contributed by atoms with Gasteiger partial charge in [0.15, 0.2) is 5.69 Å². The predicted molar refractivity (Wildman–Crippen MR) is 103 cm³/mol. The van der Waals surface area contributed by atoms with Crippen molar-refractivity contribution in [2.24, 2.45) is 5.92 Å². The molecule has 3 rings (SSSR count). The normalized spacial score (nSPS) is 11.1. The second-order valence-corrected chi connectivity index (χ2v) is 7.02. The fourth-order valence-corrected chi connectivity index (χ4v) is 3.00. The van der Waals surface area contributed by atoms with Gasteiger partial charge in [-0.15, -0.1) is 0 Å². The molecule has 3 aromatic rings. The molecule has 0 aliphatic carbocycles. The highest BCUT2D eigenvalue weighted by Crippen LogP contribution is 2.15. The number of carbonyl (C=O) groups is 1. The van der Waals surface area contributed by atoms with Gasteiger partial charge in [0, 0.05) is 23.5 Å². The van der Waals surface area contributed by atoms with E-state index < -0.39 is 0 Å². The molecule has 1 aromatic heterocycles. The molecule has 2 aromatic carbocycles. The van der Waals surface area contributed by atoms with Crippen molar-refractivity contribution in [3.05, 3.63) is 75.2 Å². The lowest BCUT2D eigenvalue weighted by molar-refractivity contribution is 0.0945. The van der Waals surface area contributed by atoms with Crippen LogP contribution in [0.2, 0.25) is 5.02 Å². The van der Waals surface area contributed by atoms with Gasteiger partial charge in [-0.3, -0.25) is 9.59 Å². The number of amides is 1.